The average molecular weight is 381 g/mol. The van der Waals surface area contributed by atoms with Gasteiger partial charge in [-0.15, -0.1) is 11.3 Å². The van der Waals surface area contributed by atoms with Gasteiger partial charge in [-0.2, -0.15) is 0 Å². The summed E-state index contributed by atoms with van der Waals surface area (Å²) in [5, 5.41) is 12.3. The molecule has 1 aromatic carbocycles. The predicted octanol–water partition coefficient (Wildman–Crippen LogP) is 3.28. The Balaban J connectivity index is 2.47. The van der Waals surface area contributed by atoms with Gasteiger partial charge >= 0.3 is 5.97 Å². The number of benzene rings is 1. The molecule has 0 atom stereocenters. The van der Waals surface area contributed by atoms with E-state index in [1.165, 1.54) is 23.5 Å². The van der Waals surface area contributed by atoms with E-state index in [4.69, 9.17) is 0 Å². The van der Waals surface area contributed by atoms with Crippen LogP contribution in [0.4, 0.5) is 5.00 Å². The van der Waals surface area contributed by atoms with Crippen molar-refractivity contribution in [2.75, 3.05) is 11.6 Å². The maximum Gasteiger partial charge on any atom is 0.339 e. The zero-order valence-electron chi connectivity index (χ0n) is 14.3. The van der Waals surface area contributed by atoms with Crippen LogP contribution in [-0.4, -0.2) is 31.7 Å². The Bertz CT molecular complexity index is 958. The van der Waals surface area contributed by atoms with Crippen LogP contribution in [0.3, 0.4) is 0 Å². The van der Waals surface area contributed by atoms with Gasteiger partial charge < -0.3 is 10.4 Å². The molecular formula is C17H19NO5S2. The molecule has 6 nitrogen and oxygen atoms in total. The third-order valence-electron chi connectivity index (χ3n) is 3.89. The van der Waals surface area contributed by atoms with Crippen molar-refractivity contribution >= 4 is 38.1 Å². The quantitative estimate of drug-likeness (QED) is 0.828. The molecule has 134 valence electrons. The number of carboxylic acid groups (broad SMARTS) is 1. The molecule has 0 fully saturated rings. The molecule has 1 amide bonds. The lowest BCUT2D eigenvalue weighted by Crippen LogP contribution is -2.16. The summed E-state index contributed by atoms with van der Waals surface area (Å²) >= 11 is 1.20. The Morgan fingerprint density at radius 1 is 1.24 bits per heavy atom. The van der Waals surface area contributed by atoms with Crippen molar-refractivity contribution in [2.45, 2.75) is 32.1 Å². The van der Waals surface area contributed by atoms with Crippen molar-refractivity contribution in [2.24, 2.45) is 0 Å². The van der Waals surface area contributed by atoms with Gasteiger partial charge in [0.15, 0.2) is 9.84 Å². The van der Waals surface area contributed by atoms with E-state index in [9.17, 15) is 23.1 Å². The second-order valence-corrected chi connectivity index (χ2v) is 8.94. The zero-order chi connectivity index (χ0) is 18.9. The predicted molar refractivity (Wildman–Crippen MR) is 97.6 cm³/mol. The van der Waals surface area contributed by atoms with Crippen molar-refractivity contribution < 1.29 is 23.1 Å². The molecule has 1 aromatic heterocycles. The van der Waals surface area contributed by atoms with E-state index < -0.39 is 21.7 Å². The van der Waals surface area contributed by atoms with Crippen molar-refractivity contribution in [3.8, 4) is 0 Å². The number of rotatable bonds is 5. The molecule has 0 aliphatic rings. The molecule has 0 unspecified atom stereocenters. The van der Waals surface area contributed by atoms with Crippen LogP contribution < -0.4 is 5.32 Å². The first-order valence-corrected chi connectivity index (χ1v) is 10.2. The second-order valence-electron chi connectivity index (χ2n) is 5.70. The summed E-state index contributed by atoms with van der Waals surface area (Å²) in [7, 11) is -3.45. The van der Waals surface area contributed by atoms with Crippen molar-refractivity contribution in [3.05, 3.63) is 45.3 Å². The molecule has 2 N–H and O–H groups in total. The van der Waals surface area contributed by atoms with Gasteiger partial charge in [0, 0.05) is 16.7 Å². The highest BCUT2D eigenvalue weighted by Gasteiger charge is 2.23. The minimum Gasteiger partial charge on any atom is -0.478 e. The average Bonchev–Trinajstić information content (AvgIpc) is 2.81. The molecule has 8 heteroatoms. The number of carbonyl (C=O) groups excluding carboxylic acids is 1. The molecular weight excluding hydrogens is 362 g/mol. The molecule has 1 heterocycles. The summed E-state index contributed by atoms with van der Waals surface area (Å²) in [5.74, 6) is -1.63. The van der Waals surface area contributed by atoms with Gasteiger partial charge in [-0.05, 0) is 43.5 Å². The Morgan fingerprint density at radius 3 is 2.40 bits per heavy atom. The fourth-order valence-corrected chi connectivity index (χ4v) is 4.34. The Hall–Kier alpha value is -2.19. The number of hydrogen-bond donors (Lipinski definition) is 2. The molecule has 0 saturated carbocycles. The molecule has 0 aliphatic heterocycles. The molecule has 0 aliphatic carbocycles. The van der Waals surface area contributed by atoms with E-state index in [-0.39, 0.29) is 21.0 Å². The first-order valence-electron chi connectivity index (χ1n) is 7.53. The number of aromatic carboxylic acids is 1. The Kier molecular flexibility index (Phi) is 5.34. The lowest BCUT2D eigenvalue weighted by molar-refractivity contribution is 0.0697. The van der Waals surface area contributed by atoms with Crippen LogP contribution in [-0.2, 0) is 16.3 Å². The smallest absolute Gasteiger partial charge is 0.339 e. The molecule has 2 aromatic rings. The summed E-state index contributed by atoms with van der Waals surface area (Å²) in [6.45, 7) is 5.35. The first kappa shape index (κ1) is 19.1. The maximum atomic E-state index is 12.6. The van der Waals surface area contributed by atoms with Gasteiger partial charge in [-0.25, -0.2) is 13.2 Å². The fourth-order valence-electron chi connectivity index (χ4n) is 2.57. The van der Waals surface area contributed by atoms with Crippen LogP contribution >= 0.6 is 11.3 Å². The third kappa shape index (κ3) is 3.91. The molecule has 25 heavy (non-hydrogen) atoms. The molecule has 0 saturated heterocycles. The van der Waals surface area contributed by atoms with Crippen molar-refractivity contribution in [3.63, 3.8) is 0 Å². The largest absolute Gasteiger partial charge is 0.478 e. The maximum absolute atomic E-state index is 12.6. The number of aryl methyl sites for hydroxylation is 2. The van der Waals surface area contributed by atoms with E-state index in [1.807, 2.05) is 6.92 Å². The van der Waals surface area contributed by atoms with E-state index in [2.05, 4.69) is 5.32 Å². The summed E-state index contributed by atoms with van der Waals surface area (Å²) in [4.78, 5) is 25.0. The van der Waals surface area contributed by atoms with E-state index in [0.717, 1.165) is 11.1 Å². The minimum absolute atomic E-state index is 0.0401. The van der Waals surface area contributed by atoms with Gasteiger partial charge in [-0.1, -0.05) is 13.0 Å². The molecule has 0 radical (unpaired) electrons. The van der Waals surface area contributed by atoms with Gasteiger partial charge in [0.1, 0.15) is 5.00 Å². The second kappa shape index (κ2) is 6.97. The standard InChI is InChI=1S/C17H19NO5S2/c1-5-12-10(3)24-16(14(12)17(20)21)18-15(19)13-8-11(25(4,22)23)7-6-9(13)2/h6-8H,5H2,1-4H3,(H,18,19)(H,20,21). The highest BCUT2D eigenvalue weighted by molar-refractivity contribution is 7.90. The van der Waals surface area contributed by atoms with Crippen molar-refractivity contribution in [1.29, 1.82) is 0 Å². The SMILES string of the molecule is CCc1c(C)sc(NC(=O)c2cc(S(C)(=O)=O)ccc2C)c1C(=O)O. The highest BCUT2D eigenvalue weighted by Crippen LogP contribution is 2.34. The normalized spacial score (nSPS) is 11.4. The fraction of sp³-hybridized carbons (Fsp3) is 0.294. The van der Waals surface area contributed by atoms with Crippen LogP contribution in [0, 0.1) is 13.8 Å². The number of nitrogens with one attached hydrogen (secondary N) is 1. The van der Waals surface area contributed by atoms with Crippen LogP contribution in [0.1, 0.15) is 43.6 Å². The van der Waals surface area contributed by atoms with Crippen LogP contribution in [0.2, 0.25) is 0 Å². The summed E-state index contributed by atoms with van der Waals surface area (Å²) in [6.07, 6.45) is 1.61. The highest BCUT2D eigenvalue weighted by atomic mass is 32.2. The van der Waals surface area contributed by atoms with Crippen LogP contribution in [0.25, 0.3) is 0 Å². The first-order chi connectivity index (χ1) is 11.6. The lowest BCUT2D eigenvalue weighted by Gasteiger charge is -2.09. The monoisotopic (exact) mass is 381 g/mol. The van der Waals surface area contributed by atoms with Gasteiger partial charge in [0.25, 0.3) is 5.91 Å². The van der Waals surface area contributed by atoms with E-state index in [1.54, 1.807) is 19.9 Å². The number of hydrogen-bond acceptors (Lipinski definition) is 5. The number of carboxylic acids is 1. The third-order valence-corrected chi connectivity index (χ3v) is 6.06. The Labute approximate surface area is 150 Å². The van der Waals surface area contributed by atoms with Gasteiger partial charge in [-0.3, -0.25) is 4.79 Å². The van der Waals surface area contributed by atoms with Gasteiger partial charge in [0.05, 0.1) is 10.5 Å². The zero-order valence-corrected chi connectivity index (χ0v) is 16.0. The summed E-state index contributed by atoms with van der Waals surface area (Å²) < 4.78 is 23.4. The number of carbonyl (C=O) groups is 2. The van der Waals surface area contributed by atoms with Crippen LogP contribution in [0.15, 0.2) is 23.1 Å². The molecule has 0 spiro atoms. The molecule has 0 bridgehead atoms. The van der Waals surface area contributed by atoms with E-state index >= 15 is 0 Å². The minimum atomic E-state index is -3.45. The Morgan fingerprint density at radius 2 is 1.88 bits per heavy atom. The van der Waals surface area contributed by atoms with Gasteiger partial charge in [0.2, 0.25) is 0 Å². The van der Waals surface area contributed by atoms with E-state index in [0.29, 0.717) is 17.5 Å². The number of anilines is 1. The number of amides is 1. The lowest BCUT2D eigenvalue weighted by atomic mass is 10.1. The summed E-state index contributed by atoms with van der Waals surface area (Å²) in [5.41, 5.74) is 1.58. The topological polar surface area (TPSA) is 101 Å². The number of sulfone groups is 1. The summed E-state index contributed by atoms with van der Waals surface area (Å²) in [6, 6.07) is 4.30. The van der Waals surface area contributed by atoms with Crippen LogP contribution in [0.5, 0.6) is 0 Å². The number of thiophene rings is 1. The molecule has 2 rings (SSSR count). The van der Waals surface area contributed by atoms with Crippen molar-refractivity contribution in [1.82, 2.24) is 0 Å².